The molecule has 4 heterocycles. The third-order valence-electron chi connectivity index (χ3n) is 8.93. The smallest absolute Gasteiger partial charge is 0.354 e. The van der Waals surface area contributed by atoms with Crippen LogP contribution in [0.1, 0.15) is 27.2 Å². The number of benzene rings is 4. The van der Waals surface area contributed by atoms with Gasteiger partial charge in [0.15, 0.2) is 17.2 Å². The zero-order chi connectivity index (χ0) is 32.8. The van der Waals surface area contributed by atoms with Crippen molar-refractivity contribution in [2.75, 3.05) is 33.1 Å². The molecular formula is C38H32N2O7S. The second-order valence-corrected chi connectivity index (χ2v) is 13.0. The largest absolute Gasteiger partial charge is 0.488 e. The van der Waals surface area contributed by atoms with Gasteiger partial charge in [0, 0.05) is 41.7 Å². The SMILES string of the molecule is Cc1cccc(-c2sc3c(-c4ccc5c(c4)OCO5)c(COc4cccc5ccccc45)c(CN4CCOCC4)c(=O)n3c2C(=O)O)c1. The number of carboxylic acids is 1. The number of rotatable bonds is 8. The zero-order valence-electron chi connectivity index (χ0n) is 26.2. The molecule has 0 amide bonds. The van der Waals surface area contributed by atoms with Crippen LogP contribution in [0.4, 0.5) is 0 Å². The van der Waals surface area contributed by atoms with Gasteiger partial charge in [-0.15, -0.1) is 11.3 Å². The summed E-state index contributed by atoms with van der Waals surface area (Å²) in [6.07, 6.45) is 0. The average Bonchev–Trinajstić information content (AvgIpc) is 3.74. The van der Waals surface area contributed by atoms with E-state index in [4.69, 9.17) is 18.9 Å². The highest BCUT2D eigenvalue weighted by Gasteiger charge is 2.30. The van der Waals surface area contributed by atoms with Crippen molar-refractivity contribution in [2.24, 2.45) is 0 Å². The van der Waals surface area contributed by atoms with Gasteiger partial charge >= 0.3 is 5.97 Å². The van der Waals surface area contributed by atoms with Crippen LogP contribution in [0.3, 0.4) is 0 Å². The summed E-state index contributed by atoms with van der Waals surface area (Å²) in [7, 11) is 0. The molecule has 2 aliphatic rings. The fourth-order valence-corrected chi connectivity index (χ4v) is 7.92. The fraction of sp³-hybridized carbons (Fsp3) is 0.211. The molecule has 0 bridgehead atoms. The Morgan fingerprint density at radius 3 is 2.52 bits per heavy atom. The topological polar surface area (TPSA) is 98.9 Å². The molecule has 0 aliphatic carbocycles. The van der Waals surface area contributed by atoms with Gasteiger partial charge in [-0.05, 0) is 41.6 Å². The van der Waals surface area contributed by atoms with Gasteiger partial charge in [0.1, 0.15) is 17.2 Å². The normalized spacial score (nSPS) is 14.5. The minimum absolute atomic E-state index is 0.0580. The van der Waals surface area contributed by atoms with Crippen molar-refractivity contribution in [1.29, 1.82) is 0 Å². The van der Waals surface area contributed by atoms with E-state index in [0.717, 1.165) is 33.0 Å². The van der Waals surface area contributed by atoms with Gasteiger partial charge in [0.2, 0.25) is 6.79 Å². The maximum Gasteiger partial charge on any atom is 0.354 e. The minimum Gasteiger partial charge on any atom is -0.488 e. The van der Waals surface area contributed by atoms with E-state index >= 15 is 0 Å². The number of aryl methyl sites for hydroxylation is 1. The highest BCUT2D eigenvalue weighted by atomic mass is 32.1. The Labute approximate surface area is 280 Å². The maximum absolute atomic E-state index is 14.8. The second kappa shape index (κ2) is 12.5. The van der Waals surface area contributed by atoms with Crippen LogP contribution in [-0.4, -0.2) is 53.5 Å². The Kier molecular flexibility index (Phi) is 7.84. The first-order chi connectivity index (χ1) is 23.5. The molecule has 6 aromatic rings. The van der Waals surface area contributed by atoms with Gasteiger partial charge in [-0.1, -0.05) is 72.3 Å². The molecule has 2 aromatic heterocycles. The van der Waals surface area contributed by atoms with Crippen LogP contribution in [0.25, 0.3) is 37.2 Å². The van der Waals surface area contributed by atoms with Gasteiger partial charge in [0.05, 0.1) is 18.1 Å². The lowest BCUT2D eigenvalue weighted by atomic mass is 9.97. The van der Waals surface area contributed by atoms with E-state index in [2.05, 4.69) is 4.90 Å². The van der Waals surface area contributed by atoms with E-state index in [9.17, 15) is 14.7 Å². The van der Waals surface area contributed by atoms with E-state index in [1.54, 1.807) is 0 Å². The molecule has 242 valence electrons. The molecule has 9 nitrogen and oxygen atoms in total. The van der Waals surface area contributed by atoms with Crippen LogP contribution in [-0.2, 0) is 17.9 Å². The van der Waals surface area contributed by atoms with E-state index in [1.165, 1.54) is 15.7 Å². The Morgan fingerprint density at radius 1 is 0.896 bits per heavy atom. The van der Waals surface area contributed by atoms with E-state index in [0.29, 0.717) is 70.9 Å². The fourth-order valence-electron chi connectivity index (χ4n) is 6.60. The van der Waals surface area contributed by atoms with Gasteiger partial charge in [-0.25, -0.2) is 4.79 Å². The Morgan fingerprint density at radius 2 is 1.69 bits per heavy atom. The molecule has 0 unspecified atom stereocenters. The molecule has 1 saturated heterocycles. The number of carbonyl (C=O) groups is 1. The lowest BCUT2D eigenvalue weighted by Crippen LogP contribution is -2.38. The molecule has 1 fully saturated rings. The van der Waals surface area contributed by atoms with Crippen LogP contribution >= 0.6 is 11.3 Å². The summed E-state index contributed by atoms with van der Waals surface area (Å²) in [6, 6.07) is 27.3. The highest BCUT2D eigenvalue weighted by molar-refractivity contribution is 7.21. The number of carboxylic acid groups (broad SMARTS) is 1. The summed E-state index contributed by atoms with van der Waals surface area (Å²) in [4.78, 5) is 31.1. The number of morpholine rings is 1. The molecule has 0 radical (unpaired) electrons. The molecule has 4 aromatic carbocycles. The van der Waals surface area contributed by atoms with E-state index in [1.807, 2.05) is 91.9 Å². The number of aromatic carboxylic acids is 1. The summed E-state index contributed by atoms with van der Waals surface area (Å²) in [5, 5.41) is 12.7. The summed E-state index contributed by atoms with van der Waals surface area (Å²) < 4.78 is 25.0. The number of ether oxygens (including phenoxy) is 4. The van der Waals surface area contributed by atoms with E-state index in [-0.39, 0.29) is 24.7 Å². The molecule has 2 aliphatic heterocycles. The highest BCUT2D eigenvalue weighted by Crippen LogP contribution is 2.43. The Bertz CT molecular complexity index is 2260. The third-order valence-corrected chi connectivity index (χ3v) is 10.1. The predicted octanol–water partition coefficient (Wildman–Crippen LogP) is 6.99. The molecule has 48 heavy (non-hydrogen) atoms. The van der Waals surface area contributed by atoms with Gasteiger partial charge in [-0.3, -0.25) is 14.1 Å². The Hall–Kier alpha value is -5.16. The monoisotopic (exact) mass is 660 g/mol. The summed E-state index contributed by atoms with van der Waals surface area (Å²) >= 11 is 1.30. The number of hydrogen-bond acceptors (Lipinski definition) is 8. The number of nitrogens with zero attached hydrogens (tertiary/aromatic N) is 2. The first-order valence-electron chi connectivity index (χ1n) is 15.8. The summed E-state index contributed by atoms with van der Waals surface area (Å²) in [5.41, 5.74) is 3.98. The third kappa shape index (κ3) is 5.37. The van der Waals surface area contributed by atoms with Gasteiger partial charge in [-0.2, -0.15) is 0 Å². The van der Waals surface area contributed by atoms with Crippen molar-refractivity contribution >= 4 is 32.9 Å². The Balaban J connectivity index is 1.42. The summed E-state index contributed by atoms with van der Waals surface area (Å²) in [6.45, 7) is 4.87. The lowest BCUT2D eigenvalue weighted by Gasteiger charge is -2.28. The molecule has 1 N–H and O–H groups in total. The summed E-state index contributed by atoms with van der Waals surface area (Å²) in [5.74, 6) is 0.734. The minimum atomic E-state index is -1.17. The quantitative estimate of drug-likeness (QED) is 0.187. The van der Waals surface area contributed by atoms with Crippen LogP contribution in [0.2, 0.25) is 0 Å². The lowest BCUT2D eigenvalue weighted by molar-refractivity contribution is 0.0338. The molecule has 8 rings (SSSR count). The number of thiazole rings is 1. The standard InChI is InChI=1S/C38H32N2O7S/c1-23-6-4-9-26(18-23)35-34(38(42)43)40-36(41)28(20-39-14-16-44-17-15-39)29(21-45-30-11-5-8-24-7-2-3-10-27(24)30)33(37(40)48-35)25-12-13-31-32(19-25)47-22-46-31/h2-13,18-19H,14-17,20-22H2,1H3,(H,42,43). The molecule has 0 spiro atoms. The molecule has 10 heteroatoms. The maximum atomic E-state index is 14.8. The number of hydrogen-bond donors (Lipinski definition) is 1. The predicted molar refractivity (Wildman–Crippen MR) is 185 cm³/mol. The second-order valence-electron chi connectivity index (χ2n) is 12.0. The van der Waals surface area contributed by atoms with Crippen molar-refractivity contribution in [3.05, 3.63) is 118 Å². The zero-order valence-corrected chi connectivity index (χ0v) is 27.0. The van der Waals surface area contributed by atoms with Crippen molar-refractivity contribution in [2.45, 2.75) is 20.1 Å². The van der Waals surface area contributed by atoms with Gasteiger partial charge < -0.3 is 24.1 Å². The van der Waals surface area contributed by atoms with Crippen LogP contribution in [0.5, 0.6) is 17.2 Å². The number of pyridine rings is 1. The van der Waals surface area contributed by atoms with Crippen LogP contribution < -0.4 is 19.8 Å². The molecule has 0 atom stereocenters. The number of aromatic nitrogens is 1. The van der Waals surface area contributed by atoms with Gasteiger partial charge in [0.25, 0.3) is 5.56 Å². The van der Waals surface area contributed by atoms with Crippen molar-refractivity contribution in [3.8, 4) is 38.8 Å². The van der Waals surface area contributed by atoms with Crippen LogP contribution in [0.15, 0.2) is 89.7 Å². The molecule has 0 saturated carbocycles. The van der Waals surface area contributed by atoms with E-state index < -0.39 is 5.97 Å². The molecular weight excluding hydrogens is 628 g/mol. The number of fused-ring (bicyclic) bond motifs is 3. The average molecular weight is 661 g/mol. The first kappa shape index (κ1) is 30.2. The van der Waals surface area contributed by atoms with Crippen molar-refractivity contribution in [3.63, 3.8) is 0 Å². The van der Waals surface area contributed by atoms with Crippen molar-refractivity contribution in [1.82, 2.24) is 9.30 Å². The first-order valence-corrected chi connectivity index (χ1v) is 16.6. The van der Waals surface area contributed by atoms with Crippen molar-refractivity contribution < 1.29 is 28.8 Å². The van der Waals surface area contributed by atoms with Crippen LogP contribution in [0, 0.1) is 6.92 Å².